The van der Waals surface area contributed by atoms with Gasteiger partial charge >= 0.3 is 0 Å². The SMILES string of the molecule is CC(C)N1CCc2nc3cc(C4CCN(C(=O)c5ccccn5)CC4)[nH]n3c(=O)c2C1. The van der Waals surface area contributed by atoms with Crippen molar-refractivity contribution in [2.45, 2.75) is 51.6 Å². The van der Waals surface area contributed by atoms with Crippen molar-refractivity contribution in [3.63, 3.8) is 0 Å². The Kier molecular flexibility index (Phi) is 5.09. The molecule has 2 aliphatic rings. The van der Waals surface area contributed by atoms with E-state index in [-0.39, 0.29) is 17.4 Å². The van der Waals surface area contributed by atoms with Crippen LogP contribution in [0.5, 0.6) is 0 Å². The lowest BCUT2D eigenvalue weighted by molar-refractivity contribution is 0.0706. The minimum atomic E-state index is -0.0176. The summed E-state index contributed by atoms with van der Waals surface area (Å²) in [5.74, 6) is 0.258. The average Bonchev–Trinajstić information content (AvgIpc) is 3.23. The molecule has 3 aromatic heterocycles. The normalized spacial score (nSPS) is 18.0. The van der Waals surface area contributed by atoms with Crippen molar-refractivity contribution in [1.29, 1.82) is 0 Å². The van der Waals surface area contributed by atoms with E-state index in [1.165, 1.54) is 0 Å². The van der Waals surface area contributed by atoms with Gasteiger partial charge < -0.3 is 4.90 Å². The van der Waals surface area contributed by atoms with Gasteiger partial charge in [-0.1, -0.05) is 6.07 Å². The van der Waals surface area contributed by atoms with E-state index in [0.717, 1.165) is 42.8 Å². The van der Waals surface area contributed by atoms with Gasteiger partial charge in [0.2, 0.25) is 0 Å². The molecule has 1 saturated heterocycles. The second-order valence-electron chi connectivity index (χ2n) is 8.84. The van der Waals surface area contributed by atoms with E-state index in [9.17, 15) is 9.59 Å². The molecule has 0 aliphatic carbocycles. The second-order valence-corrected chi connectivity index (χ2v) is 8.84. The highest BCUT2D eigenvalue weighted by Crippen LogP contribution is 2.28. The highest BCUT2D eigenvalue weighted by atomic mass is 16.2. The first-order chi connectivity index (χ1) is 15.0. The summed E-state index contributed by atoms with van der Waals surface area (Å²) in [7, 11) is 0. The average molecular weight is 421 g/mol. The van der Waals surface area contributed by atoms with Gasteiger partial charge in [-0.3, -0.25) is 24.6 Å². The summed E-state index contributed by atoms with van der Waals surface area (Å²) in [5.41, 5.74) is 3.97. The van der Waals surface area contributed by atoms with Crippen LogP contribution in [-0.4, -0.2) is 61.0 Å². The molecule has 3 aromatic rings. The Morgan fingerprint density at radius 3 is 2.71 bits per heavy atom. The first kappa shape index (κ1) is 19.9. The van der Waals surface area contributed by atoms with Crippen LogP contribution < -0.4 is 5.56 Å². The highest BCUT2D eigenvalue weighted by molar-refractivity contribution is 5.92. The highest BCUT2D eigenvalue weighted by Gasteiger charge is 2.28. The smallest absolute Gasteiger partial charge is 0.277 e. The van der Waals surface area contributed by atoms with Gasteiger partial charge in [0.15, 0.2) is 5.65 Å². The van der Waals surface area contributed by atoms with Crippen LogP contribution in [0.4, 0.5) is 0 Å². The Bertz CT molecular complexity index is 1160. The number of rotatable bonds is 3. The molecule has 8 nitrogen and oxygen atoms in total. The summed E-state index contributed by atoms with van der Waals surface area (Å²) in [6, 6.07) is 7.82. The van der Waals surface area contributed by atoms with E-state index in [2.05, 4.69) is 28.8 Å². The standard InChI is InChI=1S/C23H28N6O2/c1-15(2)28-12-8-18-17(14-28)22(30)29-21(25-18)13-20(26-29)16-6-10-27(11-7-16)23(31)19-5-3-4-9-24-19/h3-5,9,13,15-16,26H,6-8,10-12,14H2,1-2H3. The van der Waals surface area contributed by atoms with E-state index < -0.39 is 0 Å². The summed E-state index contributed by atoms with van der Waals surface area (Å²) in [5, 5.41) is 3.31. The van der Waals surface area contributed by atoms with Crippen molar-refractivity contribution in [3.05, 3.63) is 63.5 Å². The van der Waals surface area contributed by atoms with Crippen LogP contribution in [0, 0.1) is 0 Å². The van der Waals surface area contributed by atoms with Crippen molar-refractivity contribution in [2.75, 3.05) is 19.6 Å². The molecule has 31 heavy (non-hydrogen) atoms. The largest absolute Gasteiger partial charge is 0.337 e. The van der Waals surface area contributed by atoms with Gasteiger partial charge in [0.25, 0.3) is 11.5 Å². The fraction of sp³-hybridized carbons (Fsp3) is 0.478. The third kappa shape index (κ3) is 3.65. The van der Waals surface area contributed by atoms with Crippen LogP contribution in [0.2, 0.25) is 0 Å². The lowest BCUT2D eigenvalue weighted by Gasteiger charge is -2.31. The summed E-state index contributed by atoms with van der Waals surface area (Å²) in [4.78, 5) is 38.9. The number of carbonyl (C=O) groups is 1. The molecule has 1 fully saturated rings. The molecule has 162 valence electrons. The number of piperidine rings is 1. The van der Waals surface area contributed by atoms with Gasteiger partial charge in [0.05, 0.1) is 11.3 Å². The lowest BCUT2D eigenvalue weighted by atomic mass is 9.93. The summed E-state index contributed by atoms with van der Waals surface area (Å²) < 4.78 is 1.60. The maximum absolute atomic E-state index is 13.1. The van der Waals surface area contributed by atoms with Crippen molar-refractivity contribution in [1.82, 2.24) is 29.4 Å². The number of pyridine rings is 1. The fourth-order valence-corrected chi connectivity index (χ4v) is 4.72. The Morgan fingerprint density at radius 1 is 1.19 bits per heavy atom. The zero-order valence-corrected chi connectivity index (χ0v) is 18.0. The zero-order valence-electron chi connectivity index (χ0n) is 18.0. The summed E-state index contributed by atoms with van der Waals surface area (Å²) >= 11 is 0. The monoisotopic (exact) mass is 420 g/mol. The molecule has 0 spiro atoms. The molecule has 0 aromatic carbocycles. The number of carbonyl (C=O) groups excluding carboxylic acids is 1. The predicted octanol–water partition coefficient (Wildman–Crippen LogP) is 2.20. The number of hydrogen-bond acceptors (Lipinski definition) is 5. The van der Waals surface area contributed by atoms with E-state index >= 15 is 0 Å². The molecular formula is C23H28N6O2. The van der Waals surface area contributed by atoms with E-state index in [1.54, 1.807) is 16.8 Å². The molecule has 5 rings (SSSR count). The van der Waals surface area contributed by atoms with Crippen LogP contribution >= 0.6 is 0 Å². The van der Waals surface area contributed by atoms with Gasteiger partial charge in [-0.25, -0.2) is 9.50 Å². The minimum absolute atomic E-state index is 0.0133. The summed E-state index contributed by atoms with van der Waals surface area (Å²) in [6.45, 7) is 7.27. The number of aromatic amines is 1. The topological polar surface area (TPSA) is 86.6 Å². The van der Waals surface area contributed by atoms with Gasteiger partial charge in [-0.15, -0.1) is 0 Å². The Labute approximate surface area is 180 Å². The van der Waals surface area contributed by atoms with Crippen LogP contribution in [0.25, 0.3) is 5.65 Å². The number of hydrogen-bond donors (Lipinski definition) is 1. The predicted molar refractivity (Wildman–Crippen MR) is 117 cm³/mol. The molecule has 5 heterocycles. The maximum atomic E-state index is 13.1. The molecule has 1 amide bonds. The number of aromatic nitrogens is 4. The molecular weight excluding hydrogens is 392 g/mol. The number of likely N-dealkylation sites (tertiary alicyclic amines) is 1. The van der Waals surface area contributed by atoms with Crippen LogP contribution in [-0.2, 0) is 13.0 Å². The quantitative estimate of drug-likeness (QED) is 0.702. The molecule has 0 saturated carbocycles. The van der Waals surface area contributed by atoms with E-state index in [4.69, 9.17) is 4.98 Å². The fourth-order valence-electron chi connectivity index (χ4n) is 4.72. The number of nitrogens with zero attached hydrogens (tertiary/aromatic N) is 5. The lowest BCUT2D eigenvalue weighted by Crippen LogP contribution is -2.40. The molecule has 2 aliphatic heterocycles. The molecule has 0 atom stereocenters. The zero-order chi connectivity index (χ0) is 21.5. The molecule has 1 N–H and O–H groups in total. The van der Waals surface area contributed by atoms with Crippen molar-refractivity contribution < 1.29 is 4.79 Å². The Morgan fingerprint density at radius 2 is 2.00 bits per heavy atom. The van der Waals surface area contributed by atoms with E-state index in [0.29, 0.717) is 37.0 Å². The number of H-pyrrole nitrogens is 1. The molecule has 0 bridgehead atoms. The Balaban J connectivity index is 1.34. The first-order valence-electron chi connectivity index (χ1n) is 11.1. The molecule has 0 unspecified atom stereocenters. The molecule has 8 heteroatoms. The van der Waals surface area contributed by atoms with Crippen LogP contribution in [0.3, 0.4) is 0 Å². The van der Waals surface area contributed by atoms with Crippen molar-refractivity contribution in [2.24, 2.45) is 0 Å². The minimum Gasteiger partial charge on any atom is -0.337 e. The van der Waals surface area contributed by atoms with E-state index in [1.807, 2.05) is 23.1 Å². The van der Waals surface area contributed by atoms with Gasteiger partial charge in [-0.05, 0) is 38.8 Å². The van der Waals surface area contributed by atoms with Crippen LogP contribution in [0.15, 0.2) is 35.3 Å². The van der Waals surface area contributed by atoms with Crippen molar-refractivity contribution >= 4 is 11.6 Å². The third-order valence-corrected chi connectivity index (χ3v) is 6.65. The number of fused-ring (bicyclic) bond motifs is 2. The van der Waals surface area contributed by atoms with Gasteiger partial charge in [0.1, 0.15) is 5.69 Å². The van der Waals surface area contributed by atoms with Crippen LogP contribution in [0.1, 0.15) is 60.0 Å². The second kappa shape index (κ2) is 7.92. The molecule has 0 radical (unpaired) electrons. The number of amides is 1. The van der Waals surface area contributed by atoms with Crippen molar-refractivity contribution in [3.8, 4) is 0 Å². The third-order valence-electron chi connectivity index (χ3n) is 6.65. The Hall–Kier alpha value is -3.00. The maximum Gasteiger partial charge on any atom is 0.277 e. The van der Waals surface area contributed by atoms with Gasteiger partial charge in [0, 0.05) is 62.5 Å². The summed E-state index contributed by atoms with van der Waals surface area (Å²) in [6.07, 6.45) is 4.16. The first-order valence-corrected chi connectivity index (χ1v) is 11.1. The van der Waals surface area contributed by atoms with Gasteiger partial charge in [-0.2, -0.15) is 0 Å². The number of nitrogens with one attached hydrogen (secondary N) is 1.